The first kappa shape index (κ1) is 8.66. The van der Waals surface area contributed by atoms with E-state index in [0.717, 1.165) is 0 Å². The molecule has 0 fully saturated rings. The lowest BCUT2D eigenvalue weighted by Crippen LogP contribution is -2.30. The summed E-state index contributed by atoms with van der Waals surface area (Å²) in [7, 11) is 1.60. The topological polar surface area (TPSA) is 72.9 Å². The maximum absolute atomic E-state index is 12.2. The fourth-order valence-electron chi connectivity index (χ4n) is 0.901. The van der Waals surface area contributed by atoms with E-state index in [1.54, 1.807) is 7.05 Å². The molecule has 5 nitrogen and oxygen atoms in total. The van der Waals surface area contributed by atoms with Gasteiger partial charge in [0.15, 0.2) is 0 Å². The van der Waals surface area contributed by atoms with Crippen LogP contribution in [0.15, 0.2) is 6.20 Å². The highest BCUT2D eigenvalue weighted by atomic mass is 19.1. The van der Waals surface area contributed by atoms with Gasteiger partial charge in [-0.2, -0.15) is 5.10 Å². The third kappa shape index (κ3) is 1.42. The molecule has 0 aromatic carbocycles. The summed E-state index contributed by atoms with van der Waals surface area (Å²) in [6.07, 6.45) is 1.41. The number of nitrogen functional groups attached to an aromatic ring is 1. The molecule has 66 valence electrons. The Bertz CT molecular complexity index is 296. The second-order valence-corrected chi connectivity index (χ2v) is 2.27. The molecule has 0 aliphatic rings. The Hall–Kier alpha value is -1.43. The van der Waals surface area contributed by atoms with E-state index in [2.05, 4.69) is 5.10 Å². The van der Waals surface area contributed by atoms with Gasteiger partial charge in [0.1, 0.15) is 12.4 Å². The van der Waals surface area contributed by atoms with E-state index >= 15 is 0 Å². The van der Waals surface area contributed by atoms with Gasteiger partial charge in [0.05, 0.1) is 5.56 Å². The van der Waals surface area contributed by atoms with Crippen molar-refractivity contribution in [3.8, 4) is 0 Å². The second kappa shape index (κ2) is 3.31. The van der Waals surface area contributed by atoms with Crippen molar-refractivity contribution >= 4 is 5.91 Å². The summed E-state index contributed by atoms with van der Waals surface area (Å²) in [5.74, 6) is 4.35. The van der Waals surface area contributed by atoms with Crippen LogP contribution in [0, 0.1) is 0 Å². The standard InChI is InChI=1S/C6H9FN4O/c1-11-3-4(6(12)9-8)5(2-7)10-11/h3H,2,8H2,1H3,(H,9,12). The summed E-state index contributed by atoms with van der Waals surface area (Å²) in [6.45, 7) is -0.774. The van der Waals surface area contributed by atoms with Gasteiger partial charge < -0.3 is 0 Å². The zero-order valence-corrected chi connectivity index (χ0v) is 6.54. The SMILES string of the molecule is Cn1cc(C(=O)NN)c(CF)n1. The van der Waals surface area contributed by atoms with Crippen molar-refractivity contribution in [2.45, 2.75) is 6.67 Å². The van der Waals surface area contributed by atoms with Crippen LogP contribution in [0.3, 0.4) is 0 Å². The fourth-order valence-corrected chi connectivity index (χ4v) is 0.901. The fraction of sp³-hybridized carbons (Fsp3) is 0.333. The number of aromatic nitrogens is 2. The minimum Gasteiger partial charge on any atom is -0.290 e. The molecule has 0 aliphatic carbocycles. The first-order chi connectivity index (χ1) is 5.69. The Balaban J connectivity index is 3.04. The maximum atomic E-state index is 12.2. The minimum absolute atomic E-state index is 0.0976. The van der Waals surface area contributed by atoms with Crippen molar-refractivity contribution < 1.29 is 9.18 Å². The minimum atomic E-state index is -0.774. The van der Waals surface area contributed by atoms with Gasteiger partial charge >= 0.3 is 0 Å². The first-order valence-corrected chi connectivity index (χ1v) is 3.28. The number of amides is 1. The Kier molecular flexibility index (Phi) is 2.39. The summed E-state index contributed by atoms with van der Waals surface area (Å²) in [5.41, 5.74) is 2.18. The Labute approximate surface area is 68.3 Å². The predicted molar refractivity (Wildman–Crippen MR) is 39.7 cm³/mol. The van der Waals surface area contributed by atoms with E-state index in [4.69, 9.17) is 5.84 Å². The van der Waals surface area contributed by atoms with Crippen molar-refractivity contribution in [2.75, 3.05) is 0 Å². The lowest BCUT2D eigenvalue weighted by Gasteiger charge is -1.94. The van der Waals surface area contributed by atoms with Crippen molar-refractivity contribution in [1.29, 1.82) is 0 Å². The number of hydrogen-bond donors (Lipinski definition) is 2. The van der Waals surface area contributed by atoms with Gasteiger partial charge in [-0.25, -0.2) is 10.2 Å². The summed E-state index contributed by atoms with van der Waals surface area (Å²) in [4.78, 5) is 11.0. The molecule has 0 radical (unpaired) electrons. The molecule has 0 unspecified atom stereocenters. The van der Waals surface area contributed by atoms with E-state index in [1.807, 2.05) is 5.43 Å². The Morgan fingerprint density at radius 3 is 3.08 bits per heavy atom. The van der Waals surface area contributed by atoms with Gasteiger partial charge in [0, 0.05) is 13.2 Å². The van der Waals surface area contributed by atoms with Crippen LogP contribution in [0.4, 0.5) is 4.39 Å². The average Bonchev–Trinajstić information content (AvgIpc) is 2.45. The van der Waals surface area contributed by atoms with Gasteiger partial charge in [-0.1, -0.05) is 0 Å². The van der Waals surface area contributed by atoms with Gasteiger partial charge in [0.25, 0.3) is 5.91 Å². The second-order valence-electron chi connectivity index (χ2n) is 2.27. The van der Waals surface area contributed by atoms with E-state index in [-0.39, 0.29) is 11.3 Å². The normalized spacial score (nSPS) is 9.92. The van der Waals surface area contributed by atoms with Crippen LogP contribution < -0.4 is 11.3 Å². The molecule has 1 amide bonds. The number of carbonyl (C=O) groups excluding carboxylic acids is 1. The molecule has 0 aliphatic heterocycles. The number of halogens is 1. The van der Waals surface area contributed by atoms with Crippen LogP contribution >= 0.6 is 0 Å². The largest absolute Gasteiger partial charge is 0.290 e. The van der Waals surface area contributed by atoms with E-state index < -0.39 is 12.6 Å². The molecule has 12 heavy (non-hydrogen) atoms. The molecule has 0 saturated heterocycles. The van der Waals surface area contributed by atoms with Gasteiger partial charge in [-0.15, -0.1) is 0 Å². The van der Waals surface area contributed by atoms with Gasteiger partial charge in [-0.05, 0) is 0 Å². The highest BCUT2D eigenvalue weighted by Gasteiger charge is 2.13. The Morgan fingerprint density at radius 1 is 1.92 bits per heavy atom. The molecule has 1 aromatic rings. The summed E-state index contributed by atoms with van der Waals surface area (Å²) >= 11 is 0. The smallest absolute Gasteiger partial charge is 0.268 e. The molecule has 6 heteroatoms. The zero-order valence-electron chi connectivity index (χ0n) is 6.54. The van der Waals surface area contributed by atoms with Crippen molar-refractivity contribution in [3.05, 3.63) is 17.5 Å². The number of hydrazine groups is 1. The molecule has 0 bridgehead atoms. The third-order valence-electron chi connectivity index (χ3n) is 1.41. The number of aryl methyl sites for hydroxylation is 1. The summed E-state index contributed by atoms with van der Waals surface area (Å²) in [6, 6.07) is 0. The van der Waals surface area contributed by atoms with E-state index in [1.165, 1.54) is 10.9 Å². The molecule has 0 spiro atoms. The summed E-state index contributed by atoms with van der Waals surface area (Å²) in [5, 5.41) is 3.72. The van der Waals surface area contributed by atoms with Gasteiger partial charge in [-0.3, -0.25) is 14.9 Å². The van der Waals surface area contributed by atoms with Gasteiger partial charge in [0.2, 0.25) is 0 Å². The quantitative estimate of drug-likeness (QED) is 0.358. The average molecular weight is 172 g/mol. The van der Waals surface area contributed by atoms with Crippen LogP contribution in [0.25, 0.3) is 0 Å². The number of rotatable bonds is 2. The van der Waals surface area contributed by atoms with Crippen molar-refractivity contribution in [2.24, 2.45) is 12.9 Å². The van der Waals surface area contributed by atoms with Crippen LogP contribution in [0.5, 0.6) is 0 Å². The monoisotopic (exact) mass is 172 g/mol. The Morgan fingerprint density at radius 2 is 2.58 bits per heavy atom. The molecular weight excluding hydrogens is 163 g/mol. The highest BCUT2D eigenvalue weighted by Crippen LogP contribution is 2.06. The van der Waals surface area contributed by atoms with Crippen LogP contribution in [-0.2, 0) is 13.7 Å². The van der Waals surface area contributed by atoms with Crippen LogP contribution in [-0.4, -0.2) is 15.7 Å². The molecule has 3 N–H and O–H groups in total. The molecule has 1 heterocycles. The van der Waals surface area contributed by atoms with Crippen LogP contribution in [0.1, 0.15) is 16.1 Å². The zero-order chi connectivity index (χ0) is 9.14. The number of nitrogens with one attached hydrogen (secondary N) is 1. The predicted octanol–water partition coefficient (Wildman–Crippen LogP) is -0.507. The molecule has 1 rings (SSSR count). The van der Waals surface area contributed by atoms with Crippen LogP contribution in [0.2, 0.25) is 0 Å². The number of hydrogen-bond acceptors (Lipinski definition) is 3. The lowest BCUT2D eigenvalue weighted by molar-refractivity contribution is 0.0952. The highest BCUT2D eigenvalue weighted by molar-refractivity contribution is 5.94. The molecule has 1 aromatic heterocycles. The summed E-state index contributed by atoms with van der Waals surface area (Å²) < 4.78 is 13.6. The lowest BCUT2D eigenvalue weighted by atomic mass is 10.2. The third-order valence-corrected chi connectivity index (χ3v) is 1.41. The number of alkyl halides is 1. The first-order valence-electron chi connectivity index (χ1n) is 3.28. The number of nitrogens with zero attached hydrogens (tertiary/aromatic N) is 2. The number of nitrogens with two attached hydrogens (primary N) is 1. The molecular formula is C6H9FN4O. The molecule has 0 saturated carbocycles. The molecule has 0 atom stereocenters. The van der Waals surface area contributed by atoms with E-state index in [0.29, 0.717) is 0 Å². The van der Waals surface area contributed by atoms with Crippen molar-refractivity contribution in [3.63, 3.8) is 0 Å². The number of carbonyl (C=O) groups is 1. The van der Waals surface area contributed by atoms with E-state index in [9.17, 15) is 9.18 Å². The maximum Gasteiger partial charge on any atom is 0.268 e. The van der Waals surface area contributed by atoms with Crippen molar-refractivity contribution in [1.82, 2.24) is 15.2 Å².